The summed E-state index contributed by atoms with van der Waals surface area (Å²) in [5.41, 5.74) is 0.261. The Kier molecular flexibility index (Phi) is 2.11. The Hall–Kier alpha value is -1.63. The van der Waals surface area contributed by atoms with Crippen LogP contribution in [0.4, 0.5) is 0 Å². The van der Waals surface area contributed by atoms with Gasteiger partial charge in [-0.05, 0) is 19.9 Å². The molecule has 0 amide bonds. The highest BCUT2D eigenvalue weighted by atomic mass is 16.1. The monoisotopic (exact) mass is 203 g/mol. The largest absolute Gasteiger partial charge is 0.300 e. The molecule has 15 heavy (non-hydrogen) atoms. The number of carbonyl (C=O) groups excluding carboxylic acids is 1. The standard InChI is InChI=1S/C11H13N3O/c1-8(2)14-10(3-4-13-14)11(7-12)5-9(15)6-11/h3-4,8H,5-6H2,1-2H3. The zero-order chi connectivity index (χ0) is 11.1. The number of nitriles is 1. The fraction of sp³-hybridized carbons (Fsp3) is 0.545. The number of carbonyl (C=O) groups is 1. The molecule has 1 aromatic heterocycles. The molecule has 78 valence electrons. The van der Waals surface area contributed by atoms with Crippen LogP contribution in [-0.4, -0.2) is 15.6 Å². The van der Waals surface area contributed by atoms with Gasteiger partial charge in [-0.25, -0.2) is 0 Å². The molecule has 0 aromatic carbocycles. The van der Waals surface area contributed by atoms with E-state index in [2.05, 4.69) is 11.2 Å². The number of ketones is 1. The van der Waals surface area contributed by atoms with Crippen molar-refractivity contribution in [3.8, 4) is 6.07 Å². The summed E-state index contributed by atoms with van der Waals surface area (Å²) in [4.78, 5) is 11.1. The van der Waals surface area contributed by atoms with Crippen LogP contribution < -0.4 is 0 Å². The summed E-state index contributed by atoms with van der Waals surface area (Å²) in [6.07, 6.45) is 2.36. The topological polar surface area (TPSA) is 58.7 Å². The summed E-state index contributed by atoms with van der Waals surface area (Å²) in [5, 5.41) is 13.4. The molecular weight excluding hydrogens is 190 g/mol. The van der Waals surface area contributed by atoms with E-state index in [1.54, 1.807) is 6.20 Å². The third kappa shape index (κ3) is 1.35. The fourth-order valence-corrected chi connectivity index (χ4v) is 2.04. The minimum Gasteiger partial charge on any atom is -0.300 e. The second-order valence-corrected chi connectivity index (χ2v) is 4.34. The number of Topliss-reactive ketones (excluding diaryl/α,β-unsaturated/α-hetero) is 1. The van der Waals surface area contributed by atoms with Gasteiger partial charge in [0.05, 0.1) is 11.8 Å². The van der Waals surface area contributed by atoms with Crippen LogP contribution in [0.2, 0.25) is 0 Å². The van der Waals surface area contributed by atoms with Crippen molar-refractivity contribution in [2.24, 2.45) is 0 Å². The maximum atomic E-state index is 11.1. The molecule has 1 fully saturated rings. The molecule has 1 aliphatic carbocycles. The minimum atomic E-state index is -0.613. The van der Waals surface area contributed by atoms with E-state index in [1.165, 1.54) is 0 Å². The van der Waals surface area contributed by atoms with Crippen LogP contribution in [0, 0.1) is 11.3 Å². The summed E-state index contributed by atoms with van der Waals surface area (Å²) in [6.45, 7) is 4.03. The van der Waals surface area contributed by atoms with Gasteiger partial charge in [-0.15, -0.1) is 0 Å². The molecule has 1 heterocycles. The van der Waals surface area contributed by atoms with Gasteiger partial charge >= 0.3 is 0 Å². The molecule has 0 unspecified atom stereocenters. The molecular formula is C11H13N3O. The molecule has 0 atom stereocenters. The molecule has 0 spiro atoms. The summed E-state index contributed by atoms with van der Waals surface area (Å²) in [7, 11) is 0. The van der Waals surface area contributed by atoms with Crippen LogP contribution in [0.3, 0.4) is 0 Å². The lowest BCUT2D eigenvalue weighted by molar-refractivity contribution is -0.126. The van der Waals surface area contributed by atoms with Gasteiger partial charge in [0.1, 0.15) is 11.2 Å². The maximum absolute atomic E-state index is 11.1. The average molecular weight is 203 g/mol. The quantitative estimate of drug-likeness (QED) is 0.733. The third-order valence-corrected chi connectivity index (χ3v) is 2.86. The molecule has 1 aliphatic rings. The number of aromatic nitrogens is 2. The summed E-state index contributed by atoms with van der Waals surface area (Å²) in [6, 6.07) is 4.32. The molecule has 0 aliphatic heterocycles. The minimum absolute atomic E-state index is 0.160. The van der Waals surface area contributed by atoms with Crippen LogP contribution in [0.15, 0.2) is 12.3 Å². The van der Waals surface area contributed by atoms with E-state index in [0.717, 1.165) is 5.69 Å². The summed E-state index contributed by atoms with van der Waals surface area (Å²) < 4.78 is 1.83. The van der Waals surface area contributed by atoms with E-state index in [-0.39, 0.29) is 11.8 Å². The normalized spacial score (nSPS) is 18.7. The Bertz CT molecular complexity index is 431. The Labute approximate surface area is 88.5 Å². The van der Waals surface area contributed by atoms with E-state index in [4.69, 9.17) is 0 Å². The van der Waals surface area contributed by atoms with Gasteiger partial charge in [-0.3, -0.25) is 9.48 Å². The molecule has 4 heteroatoms. The molecule has 4 nitrogen and oxygen atoms in total. The smallest absolute Gasteiger partial charge is 0.136 e. The number of rotatable bonds is 2. The second-order valence-electron chi connectivity index (χ2n) is 4.34. The van der Waals surface area contributed by atoms with Crippen molar-refractivity contribution in [1.29, 1.82) is 5.26 Å². The number of hydrogen-bond donors (Lipinski definition) is 0. The van der Waals surface area contributed by atoms with Gasteiger partial charge in [0.2, 0.25) is 0 Å². The Balaban J connectivity index is 2.41. The highest BCUT2D eigenvalue weighted by Crippen LogP contribution is 2.41. The maximum Gasteiger partial charge on any atom is 0.136 e. The van der Waals surface area contributed by atoms with Crippen molar-refractivity contribution in [2.45, 2.75) is 38.1 Å². The summed E-state index contributed by atoms with van der Waals surface area (Å²) >= 11 is 0. The van der Waals surface area contributed by atoms with Crippen molar-refractivity contribution in [3.63, 3.8) is 0 Å². The molecule has 0 radical (unpaired) electrons. The fourth-order valence-electron chi connectivity index (χ4n) is 2.04. The van der Waals surface area contributed by atoms with Gasteiger partial charge in [-0.1, -0.05) is 0 Å². The Morgan fingerprint density at radius 2 is 2.27 bits per heavy atom. The zero-order valence-electron chi connectivity index (χ0n) is 8.90. The average Bonchev–Trinajstić information content (AvgIpc) is 2.61. The van der Waals surface area contributed by atoms with Crippen molar-refractivity contribution < 1.29 is 4.79 Å². The molecule has 0 bridgehead atoms. The first-order valence-electron chi connectivity index (χ1n) is 5.06. The van der Waals surface area contributed by atoms with Crippen LogP contribution >= 0.6 is 0 Å². The van der Waals surface area contributed by atoms with Gasteiger partial charge < -0.3 is 0 Å². The van der Waals surface area contributed by atoms with Crippen LogP contribution in [0.5, 0.6) is 0 Å². The van der Waals surface area contributed by atoms with Gasteiger partial charge in [0.25, 0.3) is 0 Å². The lowest BCUT2D eigenvalue weighted by Crippen LogP contribution is -2.42. The Morgan fingerprint density at radius 3 is 2.73 bits per heavy atom. The van der Waals surface area contributed by atoms with Crippen molar-refractivity contribution in [3.05, 3.63) is 18.0 Å². The van der Waals surface area contributed by atoms with Gasteiger partial charge in [-0.2, -0.15) is 10.4 Å². The van der Waals surface area contributed by atoms with E-state index >= 15 is 0 Å². The predicted molar refractivity (Wildman–Crippen MR) is 54.1 cm³/mol. The van der Waals surface area contributed by atoms with Crippen molar-refractivity contribution in [2.75, 3.05) is 0 Å². The lowest BCUT2D eigenvalue weighted by Gasteiger charge is -2.34. The molecule has 0 N–H and O–H groups in total. The van der Waals surface area contributed by atoms with Crippen LogP contribution in [0.25, 0.3) is 0 Å². The van der Waals surface area contributed by atoms with Crippen LogP contribution in [-0.2, 0) is 10.2 Å². The first-order chi connectivity index (χ1) is 7.09. The van der Waals surface area contributed by atoms with E-state index in [9.17, 15) is 10.1 Å². The van der Waals surface area contributed by atoms with Gasteiger partial charge in [0, 0.05) is 25.1 Å². The lowest BCUT2D eigenvalue weighted by atomic mass is 9.66. The SMILES string of the molecule is CC(C)n1nccc1C1(C#N)CC(=O)C1. The van der Waals surface area contributed by atoms with E-state index in [1.807, 2.05) is 24.6 Å². The van der Waals surface area contributed by atoms with Crippen molar-refractivity contribution >= 4 is 5.78 Å². The highest BCUT2D eigenvalue weighted by Gasteiger charge is 2.47. The third-order valence-electron chi connectivity index (χ3n) is 2.86. The first kappa shape index (κ1) is 9.91. The molecule has 1 aromatic rings. The molecule has 0 saturated heterocycles. The number of hydrogen-bond acceptors (Lipinski definition) is 3. The first-order valence-corrected chi connectivity index (χ1v) is 5.06. The van der Waals surface area contributed by atoms with E-state index in [0.29, 0.717) is 12.8 Å². The van der Waals surface area contributed by atoms with Crippen molar-refractivity contribution in [1.82, 2.24) is 9.78 Å². The van der Waals surface area contributed by atoms with E-state index < -0.39 is 5.41 Å². The zero-order valence-corrected chi connectivity index (χ0v) is 8.90. The van der Waals surface area contributed by atoms with Gasteiger partial charge in [0.15, 0.2) is 0 Å². The Morgan fingerprint density at radius 1 is 1.60 bits per heavy atom. The highest BCUT2D eigenvalue weighted by molar-refractivity contribution is 5.89. The molecule has 2 rings (SSSR count). The van der Waals surface area contributed by atoms with Crippen LogP contribution in [0.1, 0.15) is 38.4 Å². The predicted octanol–water partition coefficient (Wildman–Crippen LogP) is 1.59. The second kappa shape index (κ2) is 3.20. The summed E-state index contributed by atoms with van der Waals surface area (Å²) in [5.74, 6) is 0.160. The number of nitrogens with zero attached hydrogens (tertiary/aromatic N) is 3. The molecule has 1 saturated carbocycles.